The molecular formula is C28H36F3N5O3Si. The van der Waals surface area contributed by atoms with Crippen molar-refractivity contribution < 1.29 is 27.5 Å². The number of pyridine rings is 1. The van der Waals surface area contributed by atoms with Gasteiger partial charge >= 0.3 is 18.3 Å². The van der Waals surface area contributed by atoms with E-state index in [4.69, 9.17) is 4.74 Å². The number of aromatic nitrogens is 1. The van der Waals surface area contributed by atoms with Gasteiger partial charge in [-0.3, -0.25) is 10.2 Å². The third kappa shape index (κ3) is 9.57. The normalized spacial score (nSPS) is 15.5. The fourth-order valence-electron chi connectivity index (χ4n) is 3.96. The molecule has 1 aromatic heterocycles. The molecule has 3 amide bonds. The van der Waals surface area contributed by atoms with Crippen LogP contribution in [-0.2, 0) is 4.74 Å². The molecule has 1 aliphatic heterocycles. The topological polar surface area (TPSA) is 86.8 Å². The number of hydrogen-bond donors (Lipinski definition) is 2. The van der Waals surface area contributed by atoms with Crippen molar-refractivity contribution in [2.24, 2.45) is 0 Å². The predicted molar refractivity (Wildman–Crippen MR) is 152 cm³/mol. The first-order valence-electron chi connectivity index (χ1n) is 13.0. The second kappa shape index (κ2) is 12.3. The van der Waals surface area contributed by atoms with E-state index >= 15 is 0 Å². The fourth-order valence-corrected chi connectivity index (χ4v) is 4.48. The average Bonchev–Trinajstić information content (AvgIpc) is 2.82. The lowest BCUT2D eigenvalue weighted by Gasteiger charge is -2.40. The Hall–Kier alpha value is -3.56. The maximum Gasteiger partial charge on any atom is 0.410 e. The van der Waals surface area contributed by atoms with Gasteiger partial charge in [0, 0.05) is 43.6 Å². The molecule has 0 bridgehead atoms. The molecule has 1 fully saturated rings. The van der Waals surface area contributed by atoms with Crippen molar-refractivity contribution >= 4 is 31.7 Å². The smallest absolute Gasteiger partial charge is 0.410 e. The minimum atomic E-state index is -4.53. The molecule has 0 spiro atoms. The van der Waals surface area contributed by atoms with Crippen LogP contribution < -0.4 is 10.6 Å². The number of nitrogens with one attached hydrogen (secondary N) is 2. The van der Waals surface area contributed by atoms with Gasteiger partial charge in [-0.1, -0.05) is 37.7 Å². The molecule has 1 aromatic carbocycles. The molecule has 40 heavy (non-hydrogen) atoms. The highest BCUT2D eigenvalue weighted by atomic mass is 28.3. The Bertz CT molecular complexity index is 1250. The fraction of sp³-hybridized carbons (Fsp3) is 0.464. The number of ether oxygens (including phenoxy) is 1. The van der Waals surface area contributed by atoms with E-state index < -0.39 is 38.0 Å². The van der Waals surface area contributed by atoms with E-state index in [-0.39, 0.29) is 31.7 Å². The molecule has 0 aliphatic carbocycles. The van der Waals surface area contributed by atoms with Gasteiger partial charge in [-0.2, -0.15) is 13.2 Å². The summed E-state index contributed by atoms with van der Waals surface area (Å²) < 4.78 is 47.7. The van der Waals surface area contributed by atoms with Crippen LogP contribution in [-0.4, -0.2) is 72.9 Å². The maximum absolute atomic E-state index is 14.1. The number of anilines is 2. The summed E-state index contributed by atoms with van der Waals surface area (Å²) in [4.78, 5) is 31.6. The zero-order valence-electron chi connectivity index (χ0n) is 23.6. The van der Waals surface area contributed by atoms with Crippen LogP contribution in [0.15, 0.2) is 42.6 Å². The van der Waals surface area contributed by atoms with E-state index in [1.807, 2.05) is 0 Å². The molecule has 8 nitrogen and oxygen atoms in total. The Labute approximate surface area is 234 Å². The SMILES string of the molecule is CC(C)(C)OC(=O)N1CCN(C(c2ccc(NC(=O)Nc3cc(C#C[Si](C)(C)C)ccn3)cc2)C(F)(F)F)CC1. The molecule has 0 radical (unpaired) electrons. The molecular weight excluding hydrogens is 539 g/mol. The van der Waals surface area contributed by atoms with Crippen LogP contribution >= 0.6 is 0 Å². The zero-order valence-corrected chi connectivity index (χ0v) is 24.6. The summed E-state index contributed by atoms with van der Waals surface area (Å²) in [6.07, 6.45) is -3.52. The Kier molecular flexibility index (Phi) is 9.53. The molecule has 1 saturated heterocycles. The lowest BCUT2D eigenvalue weighted by molar-refractivity contribution is -0.190. The minimum Gasteiger partial charge on any atom is -0.444 e. The number of urea groups is 1. The first kappa shape index (κ1) is 31.0. The van der Waals surface area contributed by atoms with Crippen molar-refractivity contribution in [3.63, 3.8) is 0 Å². The van der Waals surface area contributed by atoms with Gasteiger partial charge in [-0.15, -0.1) is 5.54 Å². The van der Waals surface area contributed by atoms with Gasteiger partial charge < -0.3 is 15.0 Å². The van der Waals surface area contributed by atoms with Crippen molar-refractivity contribution in [1.82, 2.24) is 14.8 Å². The number of hydrogen-bond acceptors (Lipinski definition) is 5. The van der Waals surface area contributed by atoms with E-state index in [0.29, 0.717) is 11.5 Å². The molecule has 2 aromatic rings. The Morgan fingerprint density at radius 2 is 1.62 bits per heavy atom. The zero-order chi connectivity index (χ0) is 29.7. The average molecular weight is 576 g/mol. The van der Waals surface area contributed by atoms with E-state index in [0.717, 1.165) is 5.56 Å². The van der Waals surface area contributed by atoms with Gasteiger partial charge in [0.25, 0.3) is 0 Å². The number of halogens is 3. The molecule has 1 atom stereocenters. The molecule has 3 rings (SSSR count). The molecule has 2 heterocycles. The molecule has 216 valence electrons. The highest BCUT2D eigenvalue weighted by Gasteiger charge is 2.45. The minimum absolute atomic E-state index is 0.0412. The van der Waals surface area contributed by atoms with Crippen molar-refractivity contribution in [2.75, 3.05) is 36.8 Å². The Morgan fingerprint density at radius 1 is 1.00 bits per heavy atom. The summed E-state index contributed by atoms with van der Waals surface area (Å²) in [5.41, 5.74) is 3.66. The largest absolute Gasteiger partial charge is 0.444 e. The highest BCUT2D eigenvalue weighted by Crippen LogP contribution is 2.38. The molecule has 1 aliphatic rings. The summed E-state index contributed by atoms with van der Waals surface area (Å²) in [6, 6.07) is 6.52. The van der Waals surface area contributed by atoms with E-state index in [2.05, 4.69) is 46.7 Å². The monoisotopic (exact) mass is 575 g/mol. The summed E-state index contributed by atoms with van der Waals surface area (Å²) in [5, 5.41) is 5.24. The van der Waals surface area contributed by atoms with E-state index in [1.54, 1.807) is 39.1 Å². The van der Waals surface area contributed by atoms with Crippen molar-refractivity contribution in [3.05, 3.63) is 53.7 Å². The molecule has 1 unspecified atom stereocenters. The van der Waals surface area contributed by atoms with Crippen molar-refractivity contribution in [2.45, 2.75) is 58.2 Å². The molecule has 0 saturated carbocycles. The third-order valence-corrected chi connectivity index (χ3v) is 6.58. The number of nitrogens with zero attached hydrogens (tertiary/aromatic N) is 3. The molecule has 12 heteroatoms. The summed E-state index contributed by atoms with van der Waals surface area (Å²) in [7, 11) is -1.57. The second-order valence-electron chi connectivity index (χ2n) is 11.6. The van der Waals surface area contributed by atoms with E-state index in [1.165, 1.54) is 34.1 Å². The summed E-state index contributed by atoms with van der Waals surface area (Å²) in [5.74, 6) is 3.40. The van der Waals surface area contributed by atoms with Crippen LogP contribution in [0.5, 0.6) is 0 Å². The van der Waals surface area contributed by atoms with Crippen LogP contribution in [0.1, 0.15) is 37.9 Å². The lowest BCUT2D eigenvalue weighted by atomic mass is 10.0. The maximum atomic E-state index is 14.1. The number of piperazine rings is 1. The van der Waals surface area contributed by atoms with Gasteiger partial charge in [-0.25, -0.2) is 14.6 Å². The van der Waals surface area contributed by atoms with E-state index in [9.17, 15) is 22.8 Å². The number of alkyl halides is 3. The predicted octanol–water partition coefficient (Wildman–Crippen LogP) is 6.11. The highest BCUT2D eigenvalue weighted by molar-refractivity contribution is 6.83. The van der Waals surface area contributed by atoms with Crippen LogP contribution in [0.4, 0.5) is 34.3 Å². The van der Waals surface area contributed by atoms with Crippen molar-refractivity contribution in [1.29, 1.82) is 0 Å². The van der Waals surface area contributed by atoms with Crippen LogP contribution in [0, 0.1) is 11.5 Å². The second-order valence-corrected chi connectivity index (χ2v) is 16.3. The third-order valence-electron chi connectivity index (χ3n) is 5.71. The van der Waals surface area contributed by atoms with Gasteiger partial charge in [0.05, 0.1) is 0 Å². The van der Waals surface area contributed by atoms with Crippen LogP contribution in [0.25, 0.3) is 0 Å². The van der Waals surface area contributed by atoms with Crippen LogP contribution in [0.2, 0.25) is 19.6 Å². The Balaban J connectivity index is 1.63. The number of rotatable bonds is 4. The standard InChI is InChI=1S/C28H36F3N5O3Si/c1-27(2,3)39-26(38)36-16-14-35(15-17-36)24(28(29,30)31)21-7-9-22(10-8-21)33-25(37)34-23-19-20(11-13-32-23)12-18-40(4,5)6/h7-11,13,19,24H,14-17H2,1-6H3,(H2,32,33,34,37). The number of benzene rings is 1. The summed E-state index contributed by atoms with van der Waals surface area (Å²) >= 11 is 0. The lowest BCUT2D eigenvalue weighted by Crippen LogP contribution is -2.53. The van der Waals surface area contributed by atoms with Crippen LogP contribution in [0.3, 0.4) is 0 Å². The summed E-state index contributed by atoms with van der Waals surface area (Å²) in [6.45, 7) is 11.9. The number of carbonyl (C=O) groups is 2. The number of carbonyl (C=O) groups excluding carboxylic acids is 2. The quantitative estimate of drug-likeness (QED) is 0.339. The van der Waals surface area contributed by atoms with Crippen molar-refractivity contribution in [3.8, 4) is 11.5 Å². The molecule has 2 N–H and O–H groups in total. The Morgan fingerprint density at radius 3 is 2.17 bits per heavy atom. The number of amides is 3. The van der Waals surface area contributed by atoms with Gasteiger partial charge in [0.2, 0.25) is 0 Å². The van der Waals surface area contributed by atoms with Gasteiger partial charge in [-0.05, 0) is 50.6 Å². The first-order valence-corrected chi connectivity index (χ1v) is 16.5. The van der Waals surface area contributed by atoms with Gasteiger partial charge in [0.1, 0.15) is 25.5 Å². The first-order chi connectivity index (χ1) is 18.5. The van der Waals surface area contributed by atoms with Gasteiger partial charge in [0.15, 0.2) is 0 Å².